The van der Waals surface area contributed by atoms with Gasteiger partial charge in [0.2, 0.25) is 0 Å². The predicted molar refractivity (Wildman–Crippen MR) is 67.5 cm³/mol. The van der Waals surface area contributed by atoms with Crippen LogP contribution in [0.2, 0.25) is 0 Å². The molecule has 0 amide bonds. The molecule has 0 saturated carbocycles. The lowest BCUT2D eigenvalue weighted by molar-refractivity contribution is 0.657. The van der Waals surface area contributed by atoms with Crippen molar-refractivity contribution in [3.8, 4) is 0 Å². The van der Waals surface area contributed by atoms with Gasteiger partial charge in [0.05, 0.1) is 0 Å². The number of rotatable bonds is 7. The van der Waals surface area contributed by atoms with Crippen LogP contribution in [0.3, 0.4) is 0 Å². The molecule has 0 aromatic carbocycles. The second-order valence-electron chi connectivity index (χ2n) is 3.12. The molecule has 0 aliphatic carbocycles. The molecule has 13 heavy (non-hydrogen) atoms. The number of thioether (sulfide) groups is 1. The van der Waals surface area contributed by atoms with Crippen molar-refractivity contribution in [3.05, 3.63) is 0 Å². The van der Waals surface area contributed by atoms with Gasteiger partial charge in [0.15, 0.2) is 0 Å². The van der Waals surface area contributed by atoms with E-state index < -0.39 is 0 Å². The highest BCUT2D eigenvalue weighted by molar-refractivity contribution is 8.22. The van der Waals surface area contributed by atoms with Crippen molar-refractivity contribution in [2.75, 3.05) is 12.3 Å². The van der Waals surface area contributed by atoms with Crippen LogP contribution in [0, 0.1) is 0 Å². The highest BCUT2D eigenvalue weighted by atomic mass is 32.2. The predicted octanol–water partition coefficient (Wildman–Crippen LogP) is 3.58. The molecular formula is C10H21NS2. The number of hydrogen-bond acceptors (Lipinski definition) is 2. The molecule has 0 atom stereocenters. The van der Waals surface area contributed by atoms with Crippen molar-refractivity contribution in [1.29, 1.82) is 0 Å². The fourth-order valence-electron chi connectivity index (χ4n) is 0.988. The Bertz CT molecular complexity index is 126. The molecule has 1 nitrogen and oxygen atoms in total. The average Bonchev–Trinajstić information content (AvgIpc) is 2.14. The van der Waals surface area contributed by atoms with Gasteiger partial charge in [0.25, 0.3) is 0 Å². The Labute approximate surface area is 92.1 Å². The van der Waals surface area contributed by atoms with E-state index in [2.05, 4.69) is 19.2 Å². The standard InChI is InChI=1S/C10H21NS2/c1-3-5-6-7-8-11-10(12)13-9-4-2/h3-9H2,1-2H3,(H,11,12). The van der Waals surface area contributed by atoms with Gasteiger partial charge in [0, 0.05) is 6.54 Å². The zero-order chi connectivity index (χ0) is 9.94. The number of hydrogen-bond donors (Lipinski definition) is 1. The van der Waals surface area contributed by atoms with E-state index in [1.54, 1.807) is 11.8 Å². The second-order valence-corrected chi connectivity index (χ2v) is 4.90. The number of thiocarbonyl (C=S) groups is 1. The monoisotopic (exact) mass is 219 g/mol. The first-order chi connectivity index (χ1) is 6.31. The summed E-state index contributed by atoms with van der Waals surface area (Å²) in [5.41, 5.74) is 0. The smallest absolute Gasteiger partial charge is 0.133 e. The topological polar surface area (TPSA) is 12.0 Å². The third kappa shape index (κ3) is 10.2. The van der Waals surface area contributed by atoms with Gasteiger partial charge in [-0.3, -0.25) is 0 Å². The molecule has 0 rings (SSSR count). The summed E-state index contributed by atoms with van der Waals surface area (Å²) >= 11 is 6.91. The minimum Gasteiger partial charge on any atom is -0.371 e. The van der Waals surface area contributed by atoms with Gasteiger partial charge in [-0.05, 0) is 18.6 Å². The first-order valence-corrected chi connectivity index (χ1v) is 6.61. The molecule has 3 heteroatoms. The van der Waals surface area contributed by atoms with Crippen LogP contribution in [-0.4, -0.2) is 16.6 Å². The van der Waals surface area contributed by atoms with Gasteiger partial charge in [-0.15, -0.1) is 0 Å². The lowest BCUT2D eigenvalue weighted by Crippen LogP contribution is -2.19. The third-order valence-corrected chi connectivity index (χ3v) is 3.25. The maximum atomic E-state index is 5.15. The van der Waals surface area contributed by atoms with Crippen LogP contribution in [0.5, 0.6) is 0 Å². The molecular weight excluding hydrogens is 198 g/mol. The lowest BCUT2D eigenvalue weighted by Gasteiger charge is -2.05. The Balaban J connectivity index is 3.08. The molecule has 0 saturated heterocycles. The minimum absolute atomic E-state index is 0.971. The first kappa shape index (κ1) is 13.2. The summed E-state index contributed by atoms with van der Waals surface area (Å²) in [6.07, 6.45) is 6.42. The van der Waals surface area contributed by atoms with E-state index in [-0.39, 0.29) is 0 Å². The summed E-state index contributed by atoms with van der Waals surface area (Å²) in [6.45, 7) is 5.46. The van der Waals surface area contributed by atoms with Crippen molar-refractivity contribution >= 4 is 28.3 Å². The minimum atomic E-state index is 0.971. The molecule has 1 N–H and O–H groups in total. The van der Waals surface area contributed by atoms with Crippen LogP contribution < -0.4 is 5.32 Å². The summed E-state index contributed by atoms with van der Waals surface area (Å²) in [4.78, 5) is 0. The van der Waals surface area contributed by atoms with E-state index in [9.17, 15) is 0 Å². The SMILES string of the molecule is CCCCCCNC(=S)SCCC. The van der Waals surface area contributed by atoms with Gasteiger partial charge in [-0.25, -0.2) is 0 Å². The molecule has 0 aliphatic heterocycles. The maximum absolute atomic E-state index is 5.15. The van der Waals surface area contributed by atoms with Crippen LogP contribution in [0.4, 0.5) is 0 Å². The molecule has 0 aromatic rings. The van der Waals surface area contributed by atoms with E-state index >= 15 is 0 Å². The van der Waals surface area contributed by atoms with E-state index in [1.807, 2.05) is 0 Å². The Hall–Kier alpha value is 0.240. The average molecular weight is 219 g/mol. The maximum Gasteiger partial charge on any atom is 0.133 e. The molecule has 0 spiro atoms. The second kappa shape index (κ2) is 10.3. The Morgan fingerprint density at radius 3 is 2.54 bits per heavy atom. The largest absolute Gasteiger partial charge is 0.371 e. The fraction of sp³-hybridized carbons (Fsp3) is 0.900. The van der Waals surface area contributed by atoms with E-state index in [0.717, 1.165) is 16.6 Å². The Morgan fingerprint density at radius 1 is 1.15 bits per heavy atom. The summed E-state index contributed by atoms with van der Waals surface area (Å²) in [5, 5.41) is 3.27. The quantitative estimate of drug-likeness (QED) is 0.519. The molecule has 0 heterocycles. The van der Waals surface area contributed by atoms with Gasteiger partial charge >= 0.3 is 0 Å². The van der Waals surface area contributed by atoms with Crippen molar-refractivity contribution in [2.45, 2.75) is 46.0 Å². The number of nitrogens with one attached hydrogen (secondary N) is 1. The van der Waals surface area contributed by atoms with E-state index in [1.165, 1.54) is 32.1 Å². The van der Waals surface area contributed by atoms with Crippen molar-refractivity contribution in [2.24, 2.45) is 0 Å². The van der Waals surface area contributed by atoms with E-state index in [0.29, 0.717) is 0 Å². The third-order valence-electron chi connectivity index (χ3n) is 1.74. The molecule has 0 fully saturated rings. The highest BCUT2D eigenvalue weighted by Gasteiger charge is 1.94. The normalized spacial score (nSPS) is 10.0. The lowest BCUT2D eigenvalue weighted by atomic mass is 10.2. The Morgan fingerprint density at radius 2 is 1.92 bits per heavy atom. The summed E-state index contributed by atoms with van der Waals surface area (Å²) in [6, 6.07) is 0. The first-order valence-electron chi connectivity index (χ1n) is 5.21. The summed E-state index contributed by atoms with van der Waals surface area (Å²) in [7, 11) is 0. The summed E-state index contributed by atoms with van der Waals surface area (Å²) < 4.78 is 0.971. The fourth-order valence-corrected chi connectivity index (χ4v) is 1.93. The van der Waals surface area contributed by atoms with Crippen LogP contribution in [-0.2, 0) is 0 Å². The van der Waals surface area contributed by atoms with Crippen LogP contribution >= 0.6 is 24.0 Å². The number of unbranched alkanes of at least 4 members (excludes halogenated alkanes) is 3. The molecule has 0 unspecified atom stereocenters. The van der Waals surface area contributed by atoms with Crippen LogP contribution in [0.25, 0.3) is 0 Å². The highest BCUT2D eigenvalue weighted by Crippen LogP contribution is 2.04. The molecule has 78 valence electrons. The zero-order valence-electron chi connectivity index (χ0n) is 8.77. The molecule has 0 bridgehead atoms. The van der Waals surface area contributed by atoms with Gasteiger partial charge in [-0.1, -0.05) is 57.1 Å². The molecule has 0 radical (unpaired) electrons. The molecule has 0 aromatic heterocycles. The van der Waals surface area contributed by atoms with Crippen molar-refractivity contribution < 1.29 is 0 Å². The van der Waals surface area contributed by atoms with E-state index in [4.69, 9.17) is 12.2 Å². The van der Waals surface area contributed by atoms with Crippen molar-refractivity contribution in [1.82, 2.24) is 5.32 Å². The molecule has 0 aliphatic rings. The van der Waals surface area contributed by atoms with Crippen LogP contribution in [0.1, 0.15) is 46.0 Å². The van der Waals surface area contributed by atoms with Gasteiger partial charge in [0.1, 0.15) is 4.32 Å². The Kier molecular flexibility index (Phi) is 10.5. The van der Waals surface area contributed by atoms with Gasteiger partial charge < -0.3 is 5.32 Å². The van der Waals surface area contributed by atoms with Crippen LogP contribution in [0.15, 0.2) is 0 Å². The zero-order valence-corrected chi connectivity index (χ0v) is 10.4. The van der Waals surface area contributed by atoms with Gasteiger partial charge in [-0.2, -0.15) is 0 Å². The summed E-state index contributed by atoms with van der Waals surface area (Å²) in [5.74, 6) is 1.14. The van der Waals surface area contributed by atoms with Crippen molar-refractivity contribution in [3.63, 3.8) is 0 Å².